The predicted molar refractivity (Wildman–Crippen MR) is 112 cm³/mol. The number of nitrogens with zero attached hydrogens (tertiary/aromatic N) is 2. The predicted octanol–water partition coefficient (Wildman–Crippen LogP) is 3.14. The van der Waals surface area contributed by atoms with Gasteiger partial charge in [-0.15, -0.1) is 0 Å². The van der Waals surface area contributed by atoms with E-state index in [-0.39, 0.29) is 23.4 Å². The number of fused-ring (bicyclic) bond motifs is 1. The van der Waals surface area contributed by atoms with Gasteiger partial charge in [-0.05, 0) is 55.9 Å². The van der Waals surface area contributed by atoms with E-state index in [1.165, 1.54) is 10.8 Å². The molecule has 29 heavy (non-hydrogen) atoms. The van der Waals surface area contributed by atoms with Crippen LogP contribution in [0.3, 0.4) is 0 Å². The summed E-state index contributed by atoms with van der Waals surface area (Å²) in [4.78, 5) is 43.8. The third-order valence-electron chi connectivity index (χ3n) is 7.03. The number of pyridine rings is 1. The Kier molecular flexibility index (Phi) is 5.09. The average molecular weight is 399 g/mol. The topological polar surface area (TPSA) is 96.8 Å². The first kappa shape index (κ1) is 19.9. The van der Waals surface area contributed by atoms with Crippen LogP contribution in [0.5, 0.6) is 0 Å². The number of aromatic nitrogens is 3. The van der Waals surface area contributed by atoms with E-state index in [0.29, 0.717) is 22.5 Å². The van der Waals surface area contributed by atoms with E-state index in [1.54, 1.807) is 6.07 Å². The van der Waals surface area contributed by atoms with Crippen LogP contribution in [-0.2, 0) is 0 Å². The molecule has 7 heteroatoms. The molecule has 2 aromatic rings. The Morgan fingerprint density at radius 1 is 1.21 bits per heavy atom. The van der Waals surface area contributed by atoms with Gasteiger partial charge in [0.2, 0.25) is 0 Å². The fourth-order valence-electron chi connectivity index (χ4n) is 4.51. The lowest BCUT2D eigenvalue weighted by molar-refractivity contribution is 0.0893. The Bertz CT molecular complexity index is 1040. The lowest BCUT2D eigenvalue weighted by atomic mass is 9.69. The van der Waals surface area contributed by atoms with E-state index in [0.717, 1.165) is 44.9 Å². The summed E-state index contributed by atoms with van der Waals surface area (Å²) < 4.78 is 1.54. The summed E-state index contributed by atoms with van der Waals surface area (Å²) in [6.45, 7) is 6.90. The maximum atomic E-state index is 12.8. The molecule has 0 bridgehead atoms. The minimum absolute atomic E-state index is 0.0941. The first-order valence-electron chi connectivity index (χ1n) is 10.8. The van der Waals surface area contributed by atoms with Crippen molar-refractivity contribution in [3.05, 3.63) is 38.7 Å². The molecule has 0 spiro atoms. The monoisotopic (exact) mass is 398 g/mol. The van der Waals surface area contributed by atoms with Crippen molar-refractivity contribution < 1.29 is 4.79 Å². The van der Waals surface area contributed by atoms with Crippen LogP contribution in [0, 0.1) is 11.3 Å². The van der Waals surface area contributed by atoms with Gasteiger partial charge in [-0.25, -0.2) is 9.78 Å². The number of rotatable bonds is 5. The first-order valence-corrected chi connectivity index (χ1v) is 10.8. The molecule has 2 N–H and O–H groups in total. The largest absolute Gasteiger partial charge is 0.349 e. The summed E-state index contributed by atoms with van der Waals surface area (Å²) in [6.07, 6.45) is 8.64. The molecule has 2 aliphatic rings. The molecule has 0 atom stereocenters. The summed E-state index contributed by atoms with van der Waals surface area (Å²) in [5, 5.41) is 3.40. The van der Waals surface area contributed by atoms with Crippen LogP contribution in [0.25, 0.3) is 11.0 Å². The smallest absolute Gasteiger partial charge is 0.330 e. The molecule has 2 fully saturated rings. The van der Waals surface area contributed by atoms with Crippen molar-refractivity contribution in [2.45, 2.75) is 77.8 Å². The second-order valence-electron chi connectivity index (χ2n) is 9.32. The fraction of sp³-hybridized carbons (Fsp3) is 0.636. The highest BCUT2D eigenvalue weighted by Crippen LogP contribution is 2.40. The van der Waals surface area contributed by atoms with Crippen molar-refractivity contribution >= 4 is 16.9 Å². The minimum atomic E-state index is -0.494. The summed E-state index contributed by atoms with van der Waals surface area (Å²) in [7, 11) is 0. The van der Waals surface area contributed by atoms with Gasteiger partial charge < -0.3 is 5.32 Å². The van der Waals surface area contributed by atoms with Crippen LogP contribution in [0.2, 0.25) is 0 Å². The molecule has 2 heterocycles. The Hall–Kier alpha value is -2.44. The Morgan fingerprint density at radius 3 is 2.52 bits per heavy atom. The van der Waals surface area contributed by atoms with Crippen molar-refractivity contribution in [3.8, 4) is 0 Å². The molecule has 4 rings (SSSR count). The lowest BCUT2D eigenvalue weighted by Gasteiger charge is -2.39. The van der Waals surface area contributed by atoms with E-state index in [9.17, 15) is 14.4 Å². The summed E-state index contributed by atoms with van der Waals surface area (Å²) >= 11 is 0. The van der Waals surface area contributed by atoms with Gasteiger partial charge in [-0.1, -0.05) is 27.2 Å². The standard InChI is InChI=1S/C22H30N4O3/c1-4-22(2,3)14-5-7-15(8-6-14)24-19(27)13-11-17-18(23-12-13)26(16-9-10-16)21(29)25-20(17)28/h11-12,14-16H,4-10H2,1-3H3,(H,24,27)(H,25,28,29). The number of aromatic amines is 1. The van der Waals surface area contributed by atoms with Crippen LogP contribution < -0.4 is 16.6 Å². The summed E-state index contributed by atoms with van der Waals surface area (Å²) in [5.74, 6) is 0.488. The van der Waals surface area contributed by atoms with E-state index in [4.69, 9.17) is 0 Å². The lowest BCUT2D eigenvalue weighted by Crippen LogP contribution is -2.40. The van der Waals surface area contributed by atoms with Crippen molar-refractivity contribution in [1.82, 2.24) is 19.9 Å². The van der Waals surface area contributed by atoms with Gasteiger partial charge in [0.05, 0.1) is 10.9 Å². The molecule has 1 amide bonds. The van der Waals surface area contributed by atoms with Gasteiger partial charge in [0.1, 0.15) is 5.65 Å². The van der Waals surface area contributed by atoms with Crippen LogP contribution >= 0.6 is 0 Å². The van der Waals surface area contributed by atoms with Crippen LogP contribution in [0.1, 0.15) is 82.1 Å². The SMILES string of the molecule is CCC(C)(C)C1CCC(NC(=O)c2cnc3c(c2)c(=O)[nH]c(=O)n3C2CC2)CC1. The van der Waals surface area contributed by atoms with Crippen molar-refractivity contribution in [3.63, 3.8) is 0 Å². The molecule has 7 nitrogen and oxygen atoms in total. The third-order valence-corrected chi connectivity index (χ3v) is 7.03. The van der Waals surface area contributed by atoms with Gasteiger partial charge in [0, 0.05) is 18.3 Å². The Balaban J connectivity index is 1.50. The number of amides is 1. The zero-order valence-corrected chi connectivity index (χ0v) is 17.5. The first-order chi connectivity index (χ1) is 13.8. The van der Waals surface area contributed by atoms with E-state index < -0.39 is 11.2 Å². The van der Waals surface area contributed by atoms with Gasteiger partial charge >= 0.3 is 5.69 Å². The van der Waals surface area contributed by atoms with Crippen LogP contribution in [-0.4, -0.2) is 26.5 Å². The molecular formula is C22H30N4O3. The molecule has 0 radical (unpaired) electrons. The van der Waals surface area contributed by atoms with E-state index in [2.05, 4.69) is 36.1 Å². The summed E-state index contributed by atoms with van der Waals surface area (Å²) in [6, 6.07) is 1.80. The van der Waals surface area contributed by atoms with Gasteiger partial charge in [0.25, 0.3) is 11.5 Å². The maximum Gasteiger partial charge on any atom is 0.330 e. The van der Waals surface area contributed by atoms with Crippen molar-refractivity contribution in [2.75, 3.05) is 0 Å². The number of carbonyl (C=O) groups is 1. The summed E-state index contributed by atoms with van der Waals surface area (Å²) in [5.41, 5.74) is 0.142. The number of nitrogens with one attached hydrogen (secondary N) is 2. The van der Waals surface area contributed by atoms with Gasteiger partial charge in [-0.2, -0.15) is 0 Å². The molecule has 0 aliphatic heterocycles. The normalized spacial score (nSPS) is 22.6. The zero-order valence-electron chi connectivity index (χ0n) is 17.5. The van der Waals surface area contributed by atoms with Crippen molar-refractivity contribution in [1.29, 1.82) is 0 Å². The molecule has 156 valence electrons. The second-order valence-corrected chi connectivity index (χ2v) is 9.32. The molecular weight excluding hydrogens is 368 g/mol. The Morgan fingerprint density at radius 2 is 1.90 bits per heavy atom. The third kappa shape index (κ3) is 3.87. The van der Waals surface area contributed by atoms with E-state index >= 15 is 0 Å². The highest BCUT2D eigenvalue weighted by Gasteiger charge is 2.32. The highest BCUT2D eigenvalue weighted by atomic mass is 16.2. The van der Waals surface area contributed by atoms with Crippen molar-refractivity contribution in [2.24, 2.45) is 11.3 Å². The van der Waals surface area contributed by atoms with Gasteiger partial charge in [-0.3, -0.25) is 19.1 Å². The molecule has 0 unspecified atom stereocenters. The average Bonchev–Trinajstić information content (AvgIpc) is 3.53. The highest BCUT2D eigenvalue weighted by molar-refractivity contribution is 5.96. The van der Waals surface area contributed by atoms with Gasteiger partial charge in [0.15, 0.2) is 0 Å². The molecule has 2 saturated carbocycles. The molecule has 0 saturated heterocycles. The molecule has 0 aromatic carbocycles. The van der Waals surface area contributed by atoms with Crippen LogP contribution in [0.4, 0.5) is 0 Å². The second kappa shape index (κ2) is 7.43. The molecule has 2 aromatic heterocycles. The Labute approximate surface area is 169 Å². The van der Waals surface area contributed by atoms with Crippen LogP contribution in [0.15, 0.2) is 21.9 Å². The maximum absolute atomic E-state index is 12.8. The quantitative estimate of drug-likeness (QED) is 0.808. The number of H-pyrrole nitrogens is 1. The number of carbonyl (C=O) groups excluding carboxylic acids is 1. The minimum Gasteiger partial charge on any atom is -0.349 e. The number of hydrogen-bond donors (Lipinski definition) is 2. The van der Waals surface area contributed by atoms with E-state index in [1.807, 2.05) is 0 Å². The number of hydrogen-bond acceptors (Lipinski definition) is 4. The molecule has 2 aliphatic carbocycles. The zero-order chi connectivity index (χ0) is 20.8. The fourth-order valence-corrected chi connectivity index (χ4v) is 4.51.